The first-order valence-corrected chi connectivity index (χ1v) is 9.88. The molecule has 1 aliphatic rings. The highest BCUT2D eigenvalue weighted by Crippen LogP contribution is 2.27. The molecule has 0 saturated carbocycles. The Balaban J connectivity index is 1.69. The molecule has 1 aliphatic heterocycles. The number of hydrogen-bond donors (Lipinski definition) is 4. The molecule has 2 atom stereocenters. The van der Waals surface area contributed by atoms with Crippen LogP contribution < -0.4 is 21.3 Å². The maximum absolute atomic E-state index is 12.4. The summed E-state index contributed by atoms with van der Waals surface area (Å²) in [4.78, 5) is 36.8. The van der Waals surface area contributed by atoms with E-state index in [0.717, 1.165) is 5.56 Å². The number of rotatable bonds is 4. The van der Waals surface area contributed by atoms with Crippen molar-refractivity contribution in [2.75, 3.05) is 5.32 Å². The van der Waals surface area contributed by atoms with E-state index in [1.54, 1.807) is 13.0 Å². The van der Waals surface area contributed by atoms with Crippen molar-refractivity contribution in [1.29, 1.82) is 0 Å². The molecule has 9 heteroatoms. The number of nitrogens with zero attached hydrogens (tertiary/aromatic N) is 2. The molecule has 9 nitrogen and oxygen atoms in total. The molecule has 3 amide bonds. The Morgan fingerprint density at radius 1 is 1.20 bits per heavy atom. The fraction of sp³-hybridized carbons (Fsp3) is 0.429. The van der Waals surface area contributed by atoms with Gasteiger partial charge in [0.05, 0.1) is 5.69 Å². The van der Waals surface area contributed by atoms with Crippen molar-refractivity contribution in [2.45, 2.75) is 53.0 Å². The van der Waals surface area contributed by atoms with Crippen LogP contribution >= 0.6 is 0 Å². The van der Waals surface area contributed by atoms with E-state index < -0.39 is 18.1 Å². The van der Waals surface area contributed by atoms with Crippen LogP contribution in [0.25, 0.3) is 0 Å². The van der Waals surface area contributed by atoms with Crippen molar-refractivity contribution >= 4 is 23.5 Å². The van der Waals surface area contributed by atoms with Crippen LogP contribution in [-0.2, 0) is 20.9 Å². The third kappa shape index (κ3) is 5.24. The van der Waals surface area contributed by atoms with E-state index in [0.29, 0.717) is 17.9 Å². The molecule has 0 bridgehead atoms. The number of nitrogens with one attached hydrogen (secondary N) is 4. The Morgan fingerprint density at radius 2 is 1.90 bits per heavy atom. The summed E-state index contributed by atoms with van der Waals surface area (Å²) in [6.45, 7) is 8.17. The van der Waals surface area contributed by atoms with E-state index in [-0.39, 0.29) is 23.9 Å². The molecule has 1 aromatic heterocycles. The number of aryl methyl sites for hydroxylation is 1. The lowest BCUT2D eigenvalue weighted by molar-refractivity contribution is -0.136. The van der Waals surface area contributed by atoms with Gasteiger partial charge in [-0.25, -0.2) is 4.68 Å². The lowest BCUT2D eigenvalue weighted by atomic mass is 9.84. The summed E-state index contributed by atoms with van der Waals surface area (Å²) in [7, 11) is 0. The Hall–Kier alpha value is -3.20. The van der Waals surface area contributed by atoms with Crippen LogP contribution in [0.15, 0.2) is 36.4 Å². The van der Waals surface area contributed by atoms with E-state index in [1.807, 2.05) is 30.3 Å². The fourth-order valence-electron chi connectivity index (χ4n) is 3.21. The second-order valence-corrected chi connectivity index (χ2v) is 8.50. The number of amides is 3. The van der Waals surface area contributed by atoms with E-state index in [9.17, 15) is 14.4 Å². The largest absolute Gasteiger partial charge is 0.344 e. The van der Waals surface area contributed by atoms with Crippen LogP contribution in [0.4, 0.5) is 5.82 Å². The molecule has 2 unspecified atom stereocenters. The molecule has 1 fully saturated rings. The monoisotopic (exact) mass is 412 g/mol. The van der Waals surface area contributed by atoms with Gasteiger partial charge < -0.3 is 16.0 Å². The molecule has 160 valence electrons. The molecule has 2 aromatic rings. The molecule has 4 N–H and O–H groups in total. The first-order chi connectivity index (χ1) is 14.1. The van der Waals surface area contributed by atoms with Gasteiger partial charge in [-0.3, -0.25) is 19.7 Å². The highest BCUT2D eigenvalue weighted by molar-refractivity contribution is 6.39. The second-order valence-electron chi connectivity index (χ2n) is 8.50. The molecular weight excluding hydrogens is 384 g/mol. The van der Waals surface area contributed by atoms with Crippen molar-refractivity contribution in [3.05, 3.63) is 47.7 Å². The summed E-state index contributed by atoms with van der Waals surface area (Å²) in [5.41, 5.74) is 1.39. The van der Waals surface area contributed by atoms with Crippen LogP contribution in [-0.4, -0.2) is 33.5 Å². The van der Waals surface area contributed by atoms with Gasteiger partial charge in [0.2, 0.25) is 5.91 Å². The molecule has 2 heterocycles. The first-order valence-electron chi connectivity index (χ1n) is 9.88. The molecule has 3 rings (SSSR count). The normalized spacial score (nSPS) is 19.1. The number of carbonyl (C=O) groups is 3. The molecule has 1 saturated heterocycles. The molecule has 0 spiro atoms. The van der Waals surface area contributed by atoms with Gasteiger partial charge in [0.15, 0.2) is 6.29 Å². The van der Waals surface area contributed by atoms with Crippen LogP contribution in [0.2, 0.25) is 0 Å². The summed E-state index contributed by atoms with van der Waals surface area (Å²) in [5, 5.41) is 15.8. The van der Waals surface area contributed by atoms with Gasteiger partial charge in [-0.05, 0) is 17.9 Å². The van der Waals surface area contributed by atoms with Crippen LogP contribution in [0, 0.1) is 12.3 Å². The fourth-order valence-corrected chi connectivity index (χ4v) is 3.21. The maximum Gasteiger partial charge on any atom is 0.314 e. The predicted molar refractivity (Wildman–Crippen MR) is 112 cm³/mol. The van der Waals surface area contributed by atoms with Crippen LogP contribution in [0.1, 0.15) is 44.7 Å². The minimum absolute atomic E-state index is 0.0709. The standard InChI is InChI=1S/C21H28N6O3/c1-13-10-16(24-19(30)18(29)22-12-14-8-6-5-7-9-14)27(26-13)20-23-15(21(2,3)4)11-17(28)25-20/h5-10,15,20,23H,11-12H2,1-4H3,(H,22,29)(H,24,30)(H,25,28). The number of carbonyl (C=O) groups excluding carboxylic acids is 3. The average Bonchev–Trinajstić information content (AvgIpc) is 3.05. The van der Waals surface area contributed by atoms with Crippen molar-refractivity contribution < 1.29 is 14.4 Å². The lowest BCUT2D eigenvalue weighted by Gasteiger charge is -2.39. The van der Waals surface area contributed by atoms with Gasteiger partial charge in [-0.2, -0.15) is 5.10 Å². The minimum atomic E-state index is -0.804. The molecule has 0 aliphatic carbocycles. The highest BCUT2D eigenvalue weighted by atomic mass is 16.2. The Morgan fingerprint density at radius 3 is 2.57 bits per heavy atom. The Labute approximate surface area is 175 Å². The highest BCUT2D eigenvalue weighted by Gasteiger charge is 2.35. The third-order valence-electron chi connectivity index (χ3n) is 4.94. The average molecular weight is 412 g/mol. The van der Waals surface area contributed by atoms with Gasteiger partial charge >= 0.3 is 11.8 Å². The number of benzene rings is 1. The number of anilines is 1. The molecule has 1 aromatic carbocycles. The lowest BCUT2D eigenvalue weighted by Crippen LogP contribution is -2.57. The summed E-state index contributed by atoms with van der Waals surface area (Å²) in [6, 6.07) is 10.9. The van der Waals surface area contributed by atoms with Gasteiger partial charge in [0.25, 0.3) is 0 Å². The summed E-state index contributed by atoms with van der Waals surface area (Å²) >= 11 is 0. The zero-order valence-corrected chi connectivity index (χ0v) is 17.7. The van der Waals surface area contributed by atoms with Gasteiger partial charge in [-0.15, -0.1) is 0 Å². The van der Waals surface area contributed by atoms with Gasteiger partial charge in [0, 0.05) is 25.1 Å². The first kappa shape index (κ1) is 21.5. The number of hydrogen-bond acceptors (Lipinski definition) is 5. The predicted octanol–water partition coefficient (Wildman–Crippen LogP) is 1.43. The van der Waals surface area contributed by atoms with Crippen molar-refractivity contribution in [3.63, 3.8) is 0 Å². The molecular formula is C21H28N6O3. The van der Waals surface area contributed by atoms with Crippen molar-refractivity contribution in [2.24, 2.45) is 5.41 Å². The quantitative estimate of drug-likeness (QED) is 0.567. The SMILES string of the molecule is Cc1cc(NC(=O)C(=O)NCc2ccccc2)n(C2NC(=O)CC(C(C)(C)C)N2)n1. The van der Waals surface area contributed by atoms with Crippen LogP contribution in [0.5, 0.6) is 0 Å². The minimum Gasteiger partial charge on any atom is -0.344 e. The second kappa shape index (κ2) is 8.66. The molecule has 30 heavy (non-hydrogen) atoms. The Kier molecular flexibility index (Phi) is 6.21. The van der Waals surface area contributed by atoms with Gasteiger partial charge in [-0.1, -0.05) is 51.1 Å². The van der Waals surface area contributed by atoms with E-state index in [1.165, 1.54) is 4.68 Å². The van der Waals surface area contributed by atoms with E-state index in [2.05, 4.69) is 47.1 Å². The summed E-state index contributed by atoms with van der Waals surface area (Å²) in [5.74, 6) is -1.34. The van der Waals surface area contributed by atoms with E-state index >= 15 is 0 Å². The van der Waals surface area contributed by atoms with Crippen LogP contribution in [0.3, 0.4) is 0 Å². The number of aromatic nitrogens is 2. The van der Waals surface area contributed by atoms with Crippen molar-refractivity contribution in [1.82, 2.24) is 25.7 Å². The molecule has 0 radical (unpaired) electrons. The third-order valence-corrected chi connectivity index (χ3v) is 4.94. The Bertz CT molecular complexity index is 932. The zero-order valence-electron chi connectivity index (χ0n) is 17.7. The maximum atomic E-state index is 12.4. The van der Waals surface area contributed by atoms with Crippen molar-refractivity contribution in [3.8, 4) is 0 Å². The van der Waals surface area contributed by atoms with E-state index in [4.69, 9.17) is 0 Å². The zero-order chi connectivity index (χ0) is 21.9. The summed E-state index contributed by atoms with van der Waals surface area (Å²) in [6.07, 6.45) is -0.282. The topological polar surface area (TPSA) is 117 Å². The van der Waals surface area contributed by atoms with Gasteiger partial charge in [0.1, 0.15) is 5.82 Å². The smallest absolute Gasteiger partial charge is 0.314 e. The summed E-state index contributed by atoms with van der Waals surface area (Å²) < 4.78 is 1.48.